The van der Waals surface area contributed by atoms with E-state index in [1.165, 1.54) is 18.3 Å². The second-order valence-electron chi connectivity index (χ2n) is 7.36. The molecule has 29 heavy (non-hydrogen) atoms. The molecule has 2 bridgehead atoms. The zero-order valence-electron chi connectivity index (χ0n) is 14.9. The largest absolute Gasteiger partial charge is 0.455 e. The monoisotopic (exact) mass is 411 g/mol. The molecule has 0 radical (unpaired) electrons. The van der Waals surface area contributed by atoms with Crippen LogP contribution in [0.1, 0.15) is 12.2 Å². The van der Waals surface area contributed by atoms with Crippen molar-refractivity contribution < 1.29 is 18.9 Å². The van der Waals surface area contributed by atoms with Crippen molar-refractivity contribution >= 4 is 35.3 Å². The van der Waals surface area contributed by atoms with Crippen LogP contribution in [-0.2, 0) is 9.59 Å². The maximum Gasteiger partial charge on any atom is 0.288 e. The number of fused-ring (bicyclic) bond motifs is 5. The molecule has 1 saturated carbocycles. The summed E-state index contributed by atoms with van der Waals surface area (Å²) in [5.74, 6) is -0.217. The Hall–Kier alpha value is -3.26. The number of carbonyl (C=O) groups is 2. The van der Waals surface area contributed by atoms with Gasteiger partial charge in [0.05, 0.1) is 23.0 Å². The first-order chi connectivity index (χ1) is 13.9. The zero-order chi connectivity index (χ0) is 20.3. The number of nitrogens with zero attached hydrogens (tertiary/aromatic N) is 3. The minimum absolute atomic E-state index is 0.0344. The Labute approximate surface area is 169 Å². The number of hydrogen-bond acceptors (Lipinski definition) is 6. The molecular formula is C20H14ClN3O5. The molecule has 4 atom stereocenters. The van der Waals surface area contributed by atoms with E-state index in [-0.39, 0.29) is 46.2 Å². The summed E-state index contributed by atoms with van der Waals surface area (Å²) in [6.45, 7) is 0. The minimum atomic E-state index is -0.569. The molecule has 2 fully saturated rings. The summed E-state index contributed by atoms with van der Waals surface area (Å²) in [6, 6.07) is 7.58. The van der Waals surface area contributed by atoms with E-state index in [0.717, 1.165) is 11.4 Å². The van der Waals surface area contributed by atoms with E-state index in [0.29, 0.717) is 17.1 Å². The Kier molecular flexibility index (Phi) is 3.92. The number of amides is 2. The van der Waals surface area contributed by atoms with Gasteiger partial charge < -0.3 is 4.42 Å². The Morgan fingerprint density at radius 1 is 1.14 bits per heavy atom. The van der Waals surface area contributed by atoms with Gasteiger partial charge >= 0.3 is 0 Å². The fourth-order valence-corrected chi connectivity index (χ4v) is 4.68. The summed E-state index contributed by atoms with van der Waals surface area (Å²) in [5, 5.41) is 16.1. The maximum absolute atomic E-state index is 12.6. The van der Waals surface area contributed by atoms with E-state index in [2.05, 4.69) is 5.10 Å². The van der Waals surface area contributed by atoms with E-state index in [1.807, 2.05) is 12.2 Å². The van der Waals surface area contributed by atoms with Crippen molar-refractivity contribution in [1.82, 2.24) is 5.01 Å². The number of carbonyl (C=O) groups excluding carboxylic acids is 2. The molecule has 0 unspecified atom stereocenters. The van der Waals surface area contributed by atoms with Crippen LogP contribution < -0.4 is 0 Å². The molecule has 0 N–H and O–H groups in total. The zero-order valence-corrected chi connectivity index (χ0v) is 15.7. The average molecular weight is 412 g/mol. The Morgan fingerprint density at radius 3 is 2.48 bits per heavy atom. The number of allylic oxidation sites excluding steroid dienone is 2. The van der Waals surface area contributed by atoms with E-state index in [9.17, 15) is 19.7 Å². The number of nitro benzene ring substituents is 1. The van der Waals surface area contributed by atoms with Crippen molar-refractivity contribution in [3.63, 3.8) is 0 Å². The van der Waals surface area contributed by atoms with Crippen molar-refractivity contribution in [2.75, 3.05) is 0 Å². The summed E-state index contributed by atoms with van der Waals surface area (Å²) < 4.78 is 5.65. The fourth-order valence-electron chi connectivity index (χ4n) is 4.50. The molecule has 2 aliphatic carbocycles. The normalized spacial score (nSPS) is 27.4. The lowest BCUT2D eigenvalue weighted by atomic mass is 9.85. The van der Waals surface area contributed by atoms with Gasteiger partial charge in [0, 0.05) is 11.6 Å². The highest BCUT2D eigenvalue weighted by Gasteiger charge is 2.59. The smallest absolute Gasteiger partial charge is 0.288 e. The minimum Gasteiger partial charge on any atom is -0.455 e. The first-order valence-corrected chi connectivity index (χ1v) is 9.46. The van der Waals surface area contributed by atoms with Crippen molar-refractivity contribution in [1.29, 1.82) is 0 Å². The molecule has 2 aromatic rings. The number of hydrogen-bond donors (Lipinski definition) is 0. The van der Waals surface area contributed by atoms with Crippen LogP contribution in [0.2, 0.25) is 5.02 Å². The van der Waals surface area contributed by atoms with Crippen LogP contribution in [0.3, 0.4) is 0 Å². The van der Waals surface area contributed by atoms with Gasteiger partial charge in [0.1, 0.15) is 16.5 Å². The lowest BCUT2D eigenvalue weighted by molar-refractivity contribution is -0.384. The predicted octanol–water partition coefficient (Wildman–Crippen LogP) is 3.65. The van der Waals surface area contributed by atoms with Crippen LogP contribution in [0.5, 0.6) is 0 Å². The highest BCUT2D eigenvalue weighted by Crippen LogP contribution is 2.52. The van der Waals surface area contributed by atoms with Gasteiger partial charge in [-0.1, -0.05) is 23.8 Å². The first-order valence-electron chi connectivity index (χ1n) is 9.08. The lowest BCUT2D eigenvalue weighted by Crippen LogP contribution is -2.28. The molecule has 2 amide bonds. The van der Waals surface area contributed by atoms with Crippen molar-refractivity contribution in [2.45, 2.75) is 6.42 Å². The van der Waals surface area contributed by atoms with Gasteiger partial charge in [-0.3, -0.25) is 19.7 Å². The fraction of sp³-hybridized carbons (Fsp3) is 0.250. The highest BCUT2D eigenvalue weighted by atomic mass is 35.5. The number of hydrazone groups is 1. The van der Waals surface area contributed by atoms with Crippen LogP contribution in [0.25, 0.3) is 11.3 Å². The van der Waals surface area contributed by atoms with E-state index in [4.69, 9.17) is 16.0 Å². The third-order valence-electron chi connectivity index (χ3n) is 5.80. The van der Waals surface area contributed by atoms with Gasteiger partial charge in [-0.05, 0) is 42.5 Å². The molecule has 1 aliphatic heterocycles. The quantitative estimate of drug-likeness (QED) is 0.251. The maximum atomic E-state index is 12.6. The lowest BCUT2D eigenvalue weighted by Gasteiger charge is -2.13. The third kappa shape index (κ3) is 2.71. The van der Waals surface area contributed by atoms with Gasteiger partial charge in [0.25, 0.3) is 17.5 Å². The Morgan fingerprint density at radius 2 is 1.83 bits per heavy atom. The van der Waals surface area contributed by atoms with Gasteiger partial charge in [-0.25, -0.2) is 0 Å². The van der Waals surface area contributed by atoms with Gasteiger partial charge in [0.2, 0.25) is 0 Å². The molecule has 1 saturated heterocycles. The third-order valence-corrected chi connectivity index (χ3v) is 6.12. The molecular weight excluding hydrogens is 398 g/mol. The number of benzene rings is 1. The molecule has 146 valence electrons. The summed E-state index contributed by atoms with van der Waals surface area (Å²) in [4.78, 5) is 35.7. The van der Waals surface area contributed by atoms with E-state index < -0.39 is 4.92 Å². The summed E-state index contributed by atoms with van der Waals surface area (Å²) in [7, 11) is 0. The number of rotatable bonds is 4. The first kappa shape index (κ1) is 17.8. The molecule has 1 aromatic heterocycles. The van der Waals surface area contributed by atoms with E-state index >= 15 is 0 Å². The second kappa shape index (κ2) is 6.38. The second-order valence-corrected chi connectivity index (χ2v) is 7.77. The Bertz CT molecular complexity index is 1090. The number of furan rings is 1. The van der Waals surface area contributed by atoms with Gasteiger partial charge in [-0.15, -0.1) is 0 Å². The highest BCUT2D eigenvalue weighted by molar-refractivity contribution is 6.32. The molecule has 3 aliphatic rings. The average Bonchev–Trinajstić information content (AvgIpc) is 3.46. The van der Waals surface area contributed by atoms with E-state index in [1.54, 1.807) is 18.2 Å². The van der Waals surface area contributed by atoms with Gasteiger partial charge in [0.15, 0.2) is 0 Å². The topological polar surface area (TPSA) is 106 Å². The number of imide groups is 1. The number of nitro groups is 1. The van der Waals surface area contributed by atoms with Crippen LogP contribution in [0.15, 0.2) is 52.0 Å². The molecule has 5 rings (SSSR count). The molecule has 0 spiro atoms. The van der Waals surface area contributed by atoms with Crippen LogP contribution in [0.4, 0.5) is 5.69 Å². The van der Waals surface area contributed by atoms with Crippen LogP contribution >= 0.6 is 11.6 Å². The predicted molar refractivity (Wildman–Crippen MR) is 103 cm³/mol. The summed E-state index contributed by atoms with van der Waals surface area (Å²) >= 11 is 5.83. The summed E-state index contributed by atoms with van der Waals surface area (Å²) in [5.41, 5.74) is 0.255. The SMILES string of the molecule is O=C1[C@@H]2[C@H](C(=O)N1/N=C\c1ccc(-c3ccc(Cl)c([N+](=O)[O-])c3)o1)[C@H]1C=C[C@@H]2C1. The summed E-state index contributed by atoms with van der Waals surface area (Å²) in [6.07, 6.45) is 6.21. The molecule has 8 nitrogen and oxygen atoms in total. The molecule has 2 heterocycles. The van der Waals surface area contributed by atoms with Crippen LogP contribution in [0, 0.1) is 33.8 Å². The molecule has 1 aromatic carbocycles. The molecule has 9 heteroatoms. The Balaban J connectivity index is 1.37. The van der Waals surface area contributed by atoms with Crippen molar-refractivity contribution in [2.24, 2.45) is 28.8 Å². The van der Waals surface area contributed by atoms with Gasteiger partial charge in [-0.2, -0.15) is 10.1 Å². The van der Waals surface area contributed by atoms with Crippen LogP contribution in [-0.4, -0.2) is 28.0 Å². The van der Waals surface area contributed by atoms with Crippen molar-refractivity contribution in [3.05, 3.63) is 63.4 Å². The number of halogens is 1. The van der Waals surface area contributed by atoms with Crippen molar-refractivity contribution in [3.8, 4) is 11.3 Å². The standard InChI is InChI=1S/C20H14ClN3O5/c21-14-5-3-10(8-15(14)24(27)28)16-6-4-13(29-16)9-22-23-19(25)17-11-1-2-12(7-11)18(17)20(23)26/h1-6,8-9,11-12,17-18H,7H2/b22-9-/t11-,12+,17+,18-.